The number of rotatable bonds is 6. The first-order valence-corrected chi connectivity index (χ1v) is 7.44. The SMILES string of the molecule is OC(C=CF)c1ccc(OCc2coc(-c3ccccc3)n2)cc1. The number of hydrogen-bond acceptors (Lipinski definition) is 4. The molecule has 0 saturated carbocycles. The highest BCUT2D eigenvalue weighted by Gasteiger charge is 2.07. The number of oxazole rings is 1. The fourth-order valence-electron chi connectivity index (χ4n) is 2.19. The molecule has 0 saturated heterocycles. The van der Waals surface area contributed by atoms with Crippen molar-refractivity contribution >= 4 is 0 Å². The molecule has 0 aliphatic carbocycles. The van der Waals surface area contributed by atoms with Crippen molar-refractivity contribution in [3.63, 3.8) is 0 Å². The van der Waals surface area contributed by atoms with Gasteiger partial charge in [-0.25, -0.2) is 9.37 Å². The van der Waals surface area contributed by atoms with Crippen LogP contribution in [0.15, 0.2) is 77.7 Å². The Hall–Kier alpha value is -2.92. The maximum Gasteiger partial charge on any atom is 0.226 e. The lowest BCUT2D eigenvalue weighted by Crippen LogP contribution is -1.97. The summed E-state index contributed by atoms with van der Waals surface area (Å²) >= 11 is 0. The van der Waals surface area contributed by atoms with Crippen molar-refractivity contribution in [3.8, 4) is 17.2 Å². The molecule has 122 valence electrons. The van der Waals surface area contributed by atoms with Crippen LogP contribution in [0.25, 0.3) is 11.5 Å². The quantitative estimate of drug-likeness (QED) is 0.728. The minimum absolute atomic E-state index is 0.266. The van der Waals surface area contributed by atoms with Gasteiger partial charge in [0.1, 0.15) is 24.3 Å². The van der Waals surface area contributed by atoms with Gasteiger partial charge < -0.3 is 14.3 Å². The van der Waals surface area contributed by atoms with E-state index >= 15 is 0 Å². The van der Waals surface area contributed by atoms with E-state index in [1.807, 2.05) is 30.3 Å². The molecule has 1 heterocycles. The molecule has 0 amide bonds. The van der Waals surface area contributed by atoms with Gasteiger partial charge in [0.15, 0.2) is 0 Å². The maximum absolute atomic E-state index is 12.1. The summed E-state index contributed by atoms with van der Waals surface area (Å²) in [6.45, 7) is 0.266. The van der Waals surface area contributed by atoms with Crippen LogP contribution in [-0.2, 0) is 6.61 Å². The van der Waals surface area contributed by atoms with E-state index in [1.165, 1.54) is 0 Å². The molecule has 1 N–H and O–H groups in total. The molecule has 0 aliphatic rings. The molecule has 1 atom stereocenters. The Kier molecular flexibility index (Phi) is 5.03. The zero-order valence-corrected chi connectivity index (χ0v) is 12.8. The molecular formula is C19H16FNO3. The average Bonchev–Trinajstić information content (AvgIpc) is 3.10. The van der Waals surface area contributed by atoms with Gasteiger partial charge in [-0.2, -0.15) is 0 Å². The van der Waals surface area contributed by atoms with E-state index in [4.69, 9.17) is 9.15 Å². The lowest BCUT2D eigenvalue weighted by molar-refractivity contribution is 0.227. The maximum atomic E-state index is 12.1. The highest BCUT2D eigenvalue weighted by molar-refractivity contribution is 5.52. The highest BCUT2D eigenvalue weighted by atomic mass is 19.1. The Morgan fingerprint density at radius 2 is 1.88 bits per heavy atom. The van der Waals surface area contributed by atoms with Crippen molar-refractivity contribution < 1.29 is 18.7 Å². The second-order valence-electron chi connectivity index (χ2n) is 5.13. The largest absolute Gasteiger partial charge is 0.487 e. The molecule has 2 aromatic carbocycles. The summed E-state index contributed by atoms with van der Waals surface area (Å²) in [7, 11) is 0. The molecule has 0 bridgehead atoms. The number of aliphatic hydroxyl groups is 1. The van der Waals surface area contributed by atoms with Gasteiger partial charge >= 0.3 is 0 Å². The van der Waals surface area contributed by atoms with Crippen molar-refractivity contribution in [3.05, 3.63) is 84.5 Å². The zero-order valence-electron chi connectivity index (χ0n) is 12.8. The van der Waals surface area contributed by atoms with Crippen LogP contribution in [0.2, 0.25) is 0 Å². The van der Waals surface area contributed by atoms with Gasteiger partial charge in [-0.05, 0) is 35.9 Å². The van der Waals surface area contributed by atoms with Gasteiger partial charge in [-0.3, -0.25) is 0 Å². The van der Waals surface area contributed by atoms with Crippen LogP contribution in [0.1, 0.15) is 17.4 Å². The van der Waals surface area contributed by atoms with Crippen LogP contribution in [0.4, 0.5) is 4.39 Å². The van der Waals surface area contributed by atoms with Crippen LogP contribution >= 0.6 is 0 Å². The van der Waals surface area contributed by atoms with E-state index in [-0.39, 0.29) is 6.61 Å². The Morgan fingerprint density at radius 3 is 2.58 bits per heavy atom. The standard InChI is InChI=1S/C19H16FNO3/c20-11-10-18(22)14-6-8-17(9-7-14)23-12-16-13-24-19(21-16)15-4-2-1-3-5-15/h1-11,13,18,22H,12H2. The number of aromatic nitrogens is 1. The summed E-state index contributed by atoms with van der Waals surface area (Å²) in [6.07, 6.45) is 1.99. The minimum Gasteiger partial charge on any atom is -0.487 e. The molecule has 3 aromatic rings. The van der Waals surface area contributed by atoms with Gasteiger partial charge in [0.05, 0.1) is 12.4 Å². The Balaban J connectivity index is 1.61. The second-order valence-corrected chi connectivity index (χ2v) is 5.13. The molecule has 0 aliphatic heterocycles. The number of aliphatic hydroxyl groups excluding tert-OH is 1. The number of benzene rings is 2. The molecule has 3 rings (SSSR count). The Bertz CT molecular complexity index is 797. The summed E-state index contributed by atoms with van der Waals surface area (Å²) in [5.74, 6) is 1.17. The van der Waals surface area contributed by atoms with Crippen molar-refractivity contribution in [1.29, 1.82) is 0 Å². The minimum atomic E-state index is -0.965. The summed E-state index contributed by atoms with van der Waals surface area (Å²) in [5.41, 5.74) is 2.17. The molecule has 5 heteroatoms. The normalized spacial score (nSPS) is 12.4. The highest BCUT2D eigenvalue weighted by Crippen LogP contribution is 2.21. The molecule has 0 radical (unpaired) electrons. The summed E-state index contributed by atoms with van der Waals surface area (Å²) in [4.78, 5) is 4.38. The molecule has 1 unspecified atom stereocenters. The number of nitrogens with zero attached hydrogens (tertiary/aromatic N) is 1. The van der Waals surface area contributed by atoms with E-state index in [0.29, 0.717) is 29.2 Å². The number of hydrogen-bond donors (Lipinski definition) is 1. The predicted molar refractivity (Wildman–Crippen MR) is 87.9 cm³/mol. The monoisotopic (exact) mass is 325 g/mol. The molecule has 0 fully saturated rings. The van der Waals surface area contributed by atoms with E-state index < -0.39 is 6.10 Å². The molecule has 4 nitrogen and oxygen atoms in total. The van der Waals surface area contributed by atoms with Gasteiger partial charge in [0.2, 0.25) is 5.89 Å². The molecular weight excluding hydrogens is 309 g/mol. The van der Waals surface area contributed by atoms with Gasteiger partial charge in [0.25, 0.3) is 0 Å². The summed E-state index contributed by atoms with van der Waals surface area (Å²) in [6, 6.07) is 16.4. The van der Waals surface area contributed by atoms with Crippen molar-refractivity contribution in [1.82, 2.24) is 4.98 Å². The third kappa shape index (κ3) is 3.88. The van der Waals surface area contributed by atoms with Crippen molar-refractivity contribution in [2.45, 2.75) is 12.7 Å². The van der Waals surface area contributed by atoms with Crippen LogP contribution in [-0.4, -0.2) is 10.1 Å². The smallest absolute Gasteiger partial charge is 0.226 e. The third-order valence-corrected chi connectivity index (χ3v) is 3.44. The van der Waals surface area contributed by atoms with E-state index in [1.54, 1.807) is 30.5 Å². The first kappa shape index (κ1) is 16.0. The first-order chi connectivity index (χ1) is 11.8. The summed E-state index contributed by atoms with van der Waals surface area (Å²) in [5, 5.41) is 9.64. The topological polar surface area (TPSA) is 55.5 Å². The van der Waals surface area contributed by atoms with Crippen LogP contribution in [0, 0.1) is 0 Å². The predicted octanol–water partition coefficient (Wildman–Crippen LogP) is 4.44. The van der Waals surface area contributed by atoms with Crippen LogP contribution < -0.4 is 4.74 Å². The van der Waals surface area contributed by atoms with Crippen molar-refractivity contribution in [2.24, 2.45) is 0 Å². The van der Waals surface area contributed by atoms with E-state index in [9.17, 15) is 9.50 Å². The fourth-order valence-corrected chi connectivity index (χ4v) is 2.19. The average molecular weight is 325 g/mol. The second kappa shape index (κ2) is 7.57. The Morgan fingerprint density at radius 1 is 1.12 bits per heavy atom. The lowest BCUT2D eigenvalue weighted by atomic mass is 10.1. The third-order valence-electron chi connectivity index (χ3n) is 3.44. The number of ether oxygens (including phenoxy) is 1. The van der Waals surface area contributed by atoms with E-state index in [2.05, 4.69) is 4.98 Å². The van der Waals surface area contributed by atoms with E-state index in [0.717, 1.165) is 11.6 Å². The van der Waals surface area contributed by atoms with Crippen LogP contribution in [0.3, 0.4) is 0 Å². The number of halogens is 1. The van der Waals surface area contributed by atoms with Gasteiger partial charge in [0, 0.05) is 5.56 Å². The fraction of sp³-hybridized carbons (Fsp3) is 0.105. The molecule has 1 aromatic heterocycles. The first-order valence-electron chi connectivity index (χ1n) is 7.44. The van der Waals surface area contributed by atoms with Gasteiger partial charge in [-0.1, -0.05) is 30.3 Å². The zero-order chi connectivity index (χ0) is 16.8. The molecule has 0 spiro atoms. The Labute approximate surface area is 138 Å². The van der Waals surface area contributed by atoms with Crippen LogP contribution in [0.5, 0.6) is 5.75 Å². The van der Waals surface area contributed by atoms with Crippen molar-refractivity contribution in [2.75, 3.05) is 0 Å². The lowest BCUT2D eigenvalue weighted by Gasteiger charge is -2.07. The van der Waals surface area contributed by atoms with Gasteiger partial charge in [-0.15, -0.1) is 0 Å². The molecule has 24 heavy (non-hydrogen) atoms. The summed E-state index contributed by atoms with van der Waals surface area (Å²) < 4.78 is 23.1.